The summed E-state index contributed by atoms with van der Waals surface area (Å²) in [5.74, 6) is -0.535. The Labute approximate surface area is 127 Å². The van der Waals surface area contributed by atoms with Gasteiger partial charge in [0.1, 0.15) is 17.6 Å². The summed E-state index contributed by atoms with van der Waals surface area (Å²) < 4.78 is 18.2. The van der Waals surface area contributed by atoms with Crippen molar-refractivity contribution in [3.63, 3.8) is 0 Å². The molecule has 1 aliphatic carbocycles. The molecule has 1 N–H and O–H groups in total. The van der Waals surface area contributed by atoms with E-state index in [1.807, 2.05) is 4.90 Å². The molecule has 2 aromatic rings. The van der Waals surface area contributed by atoms with E-state index in [9.17, 15) is 14.3 Å². The van der Waals surface area contributed by atoms with Crippen LogP contribution in [0.5, 0.6) is 0 Å². The molecule has 22 heavy (non-hydrogen) atoms. The summed E-state index contributed by atoms with van der Waals surface area (Å²) >= 11 is 0. The minimum absolute atomic E-state index is 0.297. The smallest absolute Gasteiger partial charge is 0.320 e. The Bertz CT molecular complexity index is 664. The Morgan fingerprint density at radius 1 is 1.45 bits per heavy atom. The Balaban J connectivity index is 1.75. The van der Waals surface area contributed by atoms with Gasteiger partial charge in [0.15, 0.2) is 5.76 Å². The molecule has 3 rings (SSSR count). The van der Waals surface area contributed by atoms with Gasteiger partial charge >= 0.3 is 5.97 Å². The maximum absolute atomic E-state index is 12.9. The van der Waals surface area contributed by atoms with Crippen molar-refractivity contribution in [3.8, 4) is 11.3 Å². The lowest BCUT2D eigenvalue weighted by molar-refractivity contribution is -0.143. The third-order valence-corrected chi connectivity index (χ3v) is 3.91. The van der Waals surface area contributed by atoms with Gasteiger partial charge in [-0.2, -0.15) is 0 Å². The van der Waals surface area contributed by atoms with Crippen molar-refractivity contribution in [1.82, 2.24) is 10.1 Å². The monoisotopic (exact) mass is 304 g/mol. The van der Waals surface area contributed by atoms with Gasteiger partial charge in [0.05, 0.1) is 6.54 Å². The van der Waals surface area contributed by atoms with Gasteiger partial charge in [-0.3, -0.25) is 9.69 Å². The summed E-state index contributed by atoms with van der Waals surface area (Å²) in [6, 6.07) is 7.51. The largest absolute Gasteiger partial charge is 0.480 e. The second-order valence-electron chi connectivity index (χ2n) is 5.60. The molecule has 1 saturated carbocycles. The molecule has 0 bridgehead atoms. The average molecular weight is 304 g/mol. The molecule has 1 aromatic heterocycles. The number of nitrogens with zero attached hydrogens (tertiary/aromatic N) is 2. The van der Waals surface area contributed by atoms with E-state index < -0.39 is 12.0 Å². The fraction of sp³-hybridized carbons (Fsp3) is 0.375. The summed E-state index contributed by atoms with van der Waals surface area (Å²) in [6.45, 7) is 2.09. The molecule has 0 spiro atoms. The maximum atomic E-state index is 12.9. The molecule has 5 nitrogen and oxygen atoms in total. The summed E-state index contributed by atoms with van der Waals surface area (Å²) in [5, 5.41) is 13.2. The normalized spacial score (nSPS) is 16.0. The van der Waals surface area contributed by atoms with Crippen LogP contribution in [0.1, 0.15) is 25.5 Å². The first-order valence-electron chi connectivity index (χ1n) is 7.24. The number of carbonyl (C=O) groups is 1. The molecule has 6 heteroatoms. The Kier molecular flexibility index (Phi) is 3.94. The lowest BCUT2D eigenvalue weighted by Crippen LogP contribution is -2.39. The molecule has 0 amide bonds. The van der Waals surface area contributed by atoms with E-state index in [0.29, 0.717) is 24.0 Å². The van der Waals surface area contributed by atoms with Gasteiger partial charge in [-0.25, -0.2) is 4.39 Å². The highest BCUT2D eigenvalue weighted by Crippen LogP contribution is 2.31. The molecule has 1 aliphatic rings. The Hall–Kier alpha value is -2.21. The van der Waals surface area contributed by atoms with Gasteiger partial charge in [-0.05, 0) is 44.0 Å². The zero-order valence-electron chi connectivity index (χ0n) is 12.2. The highest BCUT2D eigenvalue weighted by molar-refractivity contribution is 5.73. The predicted octanol–water partition coefficient (Wildman–Crippen LogP) is 2.92. The molecule has 1 fully saturated rings. The average Bonchev–Trinajstić information content (AvgIpc) is 3.24. The summed E-state index contributed by atoms with van der Waals surface area (Å²) in [5.41, 5.74) is 1.38. The third-order valence-electron chi connectivity index (χ3n) is 3.91. The van der Waals surface area contributed by atoms with E-state index in [0.717, 1.165) is 18.4 Å². The maximum Gasteiger partial charge on any atom is 0.320 e. The van der Waals surface area contributed by atoms with Gasteiger partial charge in [-0.15, -0.1) is 0 Å². The zero-order valence-corrected chi connectivity index (χ0v) is 12.2. The topological polar surface area (TPSA) is 66.6 Å². The molecular formula is C16H17FN2O3. The number of halogens is 1. The van der Waals surface area contributed by atoms with Gasteiger partial charge < -0.3 is 9.63 Å². The fourth-order valence-electron chi connectivity index (χ4n) is 2.45. The van der Waals surface area contributed by atoms with Crippen molar-refractivity contribution >= 4 is 5.97 Å². The van der Waals surface area contributed by atoms with Gasteiger partial charge in [0.25, 0.3) is 0 Å². The Morgan fingerprint density at radius 3 is 2.73 bits per heavy atom. The van der Waals surface area contributed by atoms with Crippen LogP contribution in [0.3, 0.4) is 0 Å². The van der Waals surface area contributed by atoms with Crippen molar-refractivity contribution < 1.29 is 18.8 Å². The molecule has 0 saturated heterocycles. The minimum atomic E-state index is -0.842. The van der Waals surface area contributed by atoms with Gasteiger partial charge in [0, 0.05) is 17.7 Å². The van der Waals surface area contributed by atoms with Crippen LogP contribution in [-0.4, -0.2) is 33.2 Å². The van der Waals surface area contributed by atoms with Crippen LogP contribution in [-0.2, 0) is 11.3 Å². The molecule has 1 unspecified atom stereocenters. The number of hydrogen-bond acceptors (Lipinski definition) is 4. The summed E-state index contributed by atoms with van der Waals surface area (Å²) in [7, 11) is 0. The second-order valence-corrected chi connectivity index (χ2v) is 5.60. The highest BCUT2D eigenvalue weighted by Gasteiger charge is 2.35. The molecule has 0 aliphatic heterocycles. The van der Waals surface area contributed by atoms with Crippen molar-refractivity contribution in [2.45, 2.75) is 38.4 Å². The molecule has 0 radical (unpaired) electrons. The first-order valence-corrected chi connectivity index (χ1v) is 7.24. The second kappa shape index (κ2) is 5.88. The van der Waals surface area contributed by atoms with Crippen molar-refractivity contribution in [3.05, 3.63) is 41.9 Å². The molecule has 116 valence electrons. The molecule has 1 heterocycles. The number of carboxylic acid groups (broad SMARTS) is 1. The van der Waals surface area contributed by atoms with E-state index in [-0.39, 0.29) is 5.82 Å². The van der Waals surface area contributed by atoms with E-state index >= 15 is 0 Å². The number of aromatic nitrogens is 1. The number of carboxylic acids is 1. The first-order chi connectivity index (χ1) is 10.5. The van der Waals surface area contributed by atoms with E-state index in [2.05, 4.69) is 5.16 Å². The lowest BCUT2D eigenvalue weighted by atomic mass is 10.1. The van der Waals surface area contributed by atoms with E-state index in [4.69, 9.17) is 4.52 Å². The van der Waals surface area contributed by atoms with Crippen LogP contribution in [0.25, 0.3) is 11.3 Å². The van der Waals surface area contributed by atoms with E-state index in [1.54, 1.807) is 25.1 Å². The third kappa shape index (κ3) is 3.17. The van der Waals surface area contributed by atoms with Crippen molar-refractivity contribution in [2.75, 3.05) is 0 Å². The van der Waals surface area contributed by atoms with Crippen LogP contribution in [0.4, 0.5) is 4.39 Å². The number of hydrogen-bond donors (Lipinski definition) is 1. The molecule has 1 atom stereocenters. The SMILES string of the molecule is CC(C(=O)O)N(Cc1cc(-c2ccc(F)cc2)no1)C1CC1. The quantitative estimate of drug-likeness (QED) is 0.889. The van der Waals surface area contributed by atoms with Crippen molar-refractivity contribution in [1.29, 1.82) is 0 Å². The number of benzene rings is 1. The molecular weight excluding hydrogens is 287 g/mol. The number of aliphatic carboxylic acids is 1. The van der Waals surface area contributed by atoms with Crippen LogP contribution in [0.2, 0.25) is 0 Å². The highest BCUT2D eigenvalue weighted by atomic mass is 19.1. The van der Waals surface area contributed by atoms with Crippen LogP contribution < -0.4 is 0 Å². The van der Waals surface area contributed by atoms with Crippen LogP contribution in [0.15, 0.2) is 34.9 Å². The van der Waals surface area contributed by atoms with Crippen molar-refractivity contribution in [2.24, 2.45) is 0 Å². The zero-order chi connectivity index (χ0) is 15.7. The lowest BCUT2D eigenvalue weighted by Gasteiger charge is -2.24. The number of rotatable bonds is 6. The van der Waals surface area contributed by atoms with Gasteiger partial charge in [0.2, 0.25) is 0 Å². The minimum Gasteiger partial charge on any atom is -0.480 e. The summed E-state index contributed by atoms with van der Waals surface area (Å²) in [6.07, 6.45) is 2.02. The Morgan fingerprint density at radius 2 is 2.14 bits per heavy atom. The molecule has 1 aromatic carbocycles. The van der Waals surface area contributed by atoms with Crippen LogP contribution in [0, 0.1) is 5.82 Å². The predicted molar refractivity (Wildman–Crippen MR) is 77.6 cm³/mol. The summed E-state index contributed by atoms with van der Waals surface area (Å²) in [4.78, 5) is 13.1. The fourth-order valence-corrected chi connectivity index (χ4v) is 2.45. The van der Waals surface area contributed by atoms with Gasteiger partial charge in [-0.1, -0.05) is 5.16 Å². The standard InChI is InChI=1S/C16H17FN2O3/c1-10(16(20)21)19(13-6-7-13)9-14-8-15(18-22-14)11-2-4-12(17)5-3-11/h2-5,8,10,13H,6-7,9H2,1H3,(H,20,21). The van der Waals surface area contributed by atoms with E-state index in [1.165, 1.54) is 12.1 Å². The van der Waals surface area contributed by atoms with Crippen LogP contribution >= 0.6 is 0 Å². The first kappa shape index (κ1) is 14.7.